The standard InChI is InChI=1S/C24H40N6O/c1-20-7-5-13-28(19-20)14-6-12-25-24(31)21-10-17-30(18-11-21)23-9-8-22(26-27-23)29-15-3-2-4-16-29/h8-9,20-21H,2-7,10-19H2,1H3,(H,25,31). The third kappa shape index (κ3) is 6.31. The quantitative estimate of drug-likeness (QED) is 0.674. The highest BCUT2D eigenvalue weighted by atomic mass is 16.1. The summed E-state index contributed by atoms with van der Waals surface area (Å²) in [6, 6.07) is 4.20. The molecule has 3 aliphatic heterocycles. The van der Waals surface area contributed by atoms with E-state index in [4.69, 9.17) is 0 Å². The minimum atomic E-state index is 0.131. The molecule has 31 heavy (non-hydrogen) atoms. The maximum Gasteiger partial charge on any atom is 0.223 e. The molecule has 0 aliphatic carbocycles. The molecule has 1 unspecified atom stereocenters. The topological polar surface area (TPSA) is 64.6 Å². The van der Waals surface area contributed by atoms with E-state index in [-0.39, 0.29) is 11.8 Å². The highest BCUT2D eigenvalue weighted by Gasteiger charge is 2.26. The van der Waals surface area contributed by atoms with Crippen molar-refractivity contribution >= 4 is 17.5 Å². The molecule has 1 atom stereocenters. The molecule has 0 radical (unpaired) electrons. The zero-order valence-corrected chi connectivity index (χ0v) is 19.3. The third-order valence-electron chi connectivity index (χ3n) is 7.20. The molecule has 4 heterocycles. The Morgan fingerprint density at radius 2 is 1.61 bits per heavy atom. The summed E-state index contributed by atoms with van der Waals surface area (Å²) in [5.41, 5.74) is 0. The number of carbonyl (C=O) groups excluding carboxylic acids is 1. The molecule has 7 nitrogen and oxygen atoms in total. The Hall–Kier alpha value is -1.89. The molecule has 0 aromatic carbocycles. The molecular formula is C24H40N6O. The average molecular weight is 429 g/mol. The number of likely N-dealkylation sites (tertiary alicyclic amines) is 1. The SMILES string of the molecule is CC1CCCN(CCCNC(=O)C2CCN(c3ccc(N4CCCCC4)nn3)CC2)C1. The Morgan fingerprint density at radius 1 is 0.935 bits per heavy atom. The molecule has 0 spiro atoms. The fraction of sp³-hybridized carbons (Fsp3) is 0.792. The highest BCUT2D eigenvalue weighted by molar-refractivity contribution is 5.78. The molecule has 1 aromatic rings. The minimum absolute atomic E-state index is 0.131. The Labute approximate surface area is 187 Å². The van der Waals surface area contributed by atoms with Gasteiger partial charge < -0.3 is 20.0 Å². The molecule has 4 rings (SSSR count). The van der Waals surface area contributed by atoms with E-state index in [9.17, 15) is 4.79 Å². The van der Waals surface area contributed by atoms with Gasteiger partial charge in [0.25, 0.3) is 0 Å². The Kier molecular flexibility index (Phi) is 8.00. The first-order valence-corrected chi connectivity index (χ1v) is 12.5. The predicted octanol–water partition coefficient (Wildman–Crippen LogP) is 2.92. The van der Waals surface area contributed by atoms with Gasteiger partial charge in [0.05, 0.1) is 0 Å². The zero-order valence-electron chi connectivity index (χ0n) is 19.3. The number of hydrogen-bond donors (Lipinski definition) is 1. The van der Waals surface area contributed by atoms with E-state index in [2.05, 4.69) is 49.3 Å². The first kappa shape index (κ1) is 22.3. The van der Waals surface area contributed by atoms with Gasteiger partial charge in [-0.05, 0) is 82.5 Å². The Morgan fingerprint density at radius 3 is 2.26 bits per heavy atom. The summed E-state index contributed by atoms with van der Waals surface area (Å²) in [4.78, 5) is 19.7. The van der Waals surface area contributed by atoms with Gasteiger partial charge in [0.15, 0.2) is 11.6 Å². The van der Waals surface area contributed by atoms with Gasteiger partial charge >= 0.3 is 0 Å². The fourth-order valence-corrected chi connectivity index (χ4v) is 5.30. The lowest BCUT2D eigenvalue weighted by atomic mass is 9.96. The van der Waals surface area contributed by atoms with E-state index in [1.807, 2.05) is 0 Å². The van der Waals surface area contributed by atoms with E-state index in [0.29, 0.717) is 0 Å². The number of amides is 1. The van der Waals surface area contributed by atoms with Crippen LogP contribution in [0.15, 0.2) is 12.1 Å². The van der Waals surface area contributed by atoms with Gasteiger partial charge in [-0.25, -0.2) is 0 Å². The Bertz CT molecular complexity index is 682. The van der Waals surface area contributed by atoms with Crippen LogP contribution >= 0.6 is 0 Å². The second-order valence-corrected chi connectivity index (χ2v) is 9.75. The number of hydrogen-bond acceptors (Lipinski definition) is 6. The number of carbonyl (C=O) groups is 1. The Balaban J connectivity index is 1.15. The van der Waals surface area contributed by atoms with Crippen LogP contribution in [0.25, 0.3) is 0 Å². The van der Waals surface area contributed by atoms with Gasteiger partial charge in [0.1, 0.15) is 0 Å². The van der Waals surface area contributed by atoms with E-state index >= 15 is 0 Å². The van der Waals surface area contributed by atoms with E-state index in [0.717, 1.165) is 76.1 Å². The van der Waals surface area contributed by atoms with Gasteiger partial charge in [-0.1, -0.05) is 6.92 Å². The summed E-state index contributed by atoms with van der Waals surface area (Å²) in [5, 5.41) is 12.1. The lowest BCUT2D eigenvalue weighted by molar-refractivity contribution is -0.125. The smallest absolute Gasteiger partial charge is 0.223 e. The number of nitrogens with zero attached hydrogens (tertiary/aromatic N) is 5. The van der Waals surface area contributed by atoms with Crippen molar-refractivity contribution in [3.05, 3.63) is 12.1 Å². The van der Waals surface area contributed by atoms with Crippen LogP contribution in [0.1, 0.15) is 58.3 Å². The van der Waals surface area contributed by atoms with Crippen molar-refractivity contribution in [1.29, 1.82) is 0 Å². The molecule has 172 valence electrons. The molecule has 1 N–H and O–H groups in total. The average Bonchev–Trinajstić information content (AvgIpc) is 2.82. The molecule has 7 heteroatoms. The summed E-state index contributed by atoms with van der Waals surface area (Å²) >= 11 is 0. The number of aromatic nitrogens is 2. The second kappa shape index (κ2) is 11.1. The van der Waals surface area contributed by atoms with E-state index in [1.165, 1.54) is 45.2 Å². The van der Waals surface area contributed by atoms with Crippen molar-refractivity contribution in [3.8, 4) is 0 Å². The zero-order chi connectivity index (χ0) is 21.5. The van der Waals surface area contributed by atoms with Crippen LogP contribution in [0.4, 0.5) is 11.6 Å². The summed E-state index contributed by atoms with van der Waals surface area (Å²) in [6.45, 7) is 10.6. The van der Waals surface area contributed by atoms with Gasteiger partial charge in [-0.2, -0.15) is 0 Å². The van der Waals surface area contributed by atoms with Crippen LogP contribution in [-0.2, 0) is 4.79 Å². The van der Waals surface area contributed by atoms with Gasteiger partial charge in [0, 0.05) is 45.2 Å². The lowest BCUT2D eigenvalue weighted by Crippen LogP contribution is -2.42. The molecule has 0 saturated carbocycles. The molecule has 1 aromatic heterocycles. The molecule has 1 amide bonds. The van der Waals surface area contributed by atoms with Crippen molar-refractivity contribution in [2.24, 2.45) is 11.8 Å². The van der Waals surface area contributed by atoms with E-state index < -0.39 is 0 Å². The van der Waals surface area contributed by atoms with Crippen molar-refractivity contribution in [2.45, 2.75) is 58.3 Å². The van der Waals surface area contributed by atoms with Gasteiger partial charge in [-0.3, -0.25) is 4.79 Å². The number of piperidine rings is 3. The third-order valence-corrected chi connectivity index (χ3v) is 7.20. The van der Waals surface area contributed by atoms with Crippen LogP contribution in [0.2, 0.25) is 0 Å². The summed E-state index contributed by atoms with van der Waals surface area (Å²) < 4.78 is 0. The van der Waals surface area contributed by atoms with Crippen molar-refractivity contribution in [1.82, 2.24) is 20.4 Å². The van der Waals surface area contributed by atoms with Crippen LogP contribution in [0, 0.1) is 11.8 Å². The number of anilines is 2. The van der Waals surface area contributed by atoms with Crippen LogP contribution in [-0.4, -0.2) is 73.4 Å². The largest absolute Gasteiger partial charge is 0.356 e. The molecular weight excluding hydrogens is 388 g/mol. The second-order valence-electron chi connectivity index (χ2n) is 9.75. The predicted molar refractivity (Wildman–Crippen MR) is 125 cm³/mol. The van der Waals surface area contributed by atoms with Gasteiger partial charge in [0.2, 0.25) is 5.91 Å². The lowest BCUT2D eigenvalue weighted by Gasteiger charge is -2.32. The molecule has 3 aliphatic rings. The van der Waals surface area contributed by atoms with Crippen molar-refractivity contribution in [3.63, 3.8) is 0 Å². The summed E-state index contributed by atoms with van der Waals surface area (Å²) in [6.07, 6.45) is 9.33. The first-order valence-electron chi connectivity index (χ1n) is 12.5. The van der Waals surface area contributed by atoms with Crippen LogP contribution in [0.5, 0.6) is 0 Å². The molecule has 0 bridgehead atoms. The van der Waals surface area contributed by atoms with Crippen LogP contribution in [0.3, 0.4) is 0 Å². The maximum absolute atomic E-state index is 12.6. The van der Waals surface area contributed by atoms with Crippen molar-refractivity contribution < 1.29 is 4.79 Å². The number of rotatable bonds is 7. The monoisotopic (exact) mass is 428 g/mol. The minimum Gasteiger partial charge on any atom is -0.356 e. The molecule has 3 fully saturated rings. The maximum atomic E-state index is 12.6. The fourth-order valence-electron chi connectivity index (χ4n) is 5.30. The molecule has 3 saturated heterocycles. The first-order chi connectivity index (χ1) is 15.2. The van der Waals surface area contributed by atoms with Gasteiger partial charge in [-0.15, -0.1) is 10.2 Å². The summed E-state index contributed by atoms with van der Waals surface area (Å²) in [5.74, 6) is 3.12. The normalized spacial score (nSPS) is 23.7. The van der Waals surface area contributed by atoms with Crippen molar-refractivity contribution in [2.75, 3.05) is 62.2 Å². The summed E-state index contributed by atoms with van der Waals surface area (Å²) in [7, 11) is 0. The highest BCUT2D eigenvalue weighted by Crippen LogP contribution is 2.24. The van der Waals surface area contributed by atoms with E-state index in [1.54, 1.807) is 0 Å². The number of nitrogens with one attached hydrogen (secondary N) is 1. The van der Waals surface area contributed by atoms with Crippen LogP contribution < -0.4 is 15.1 Å².